The third-order valence-electron chi connectivity index (χ3n) is 7.23. The fourth-order valence-corrected chi connectivity index (χ4v) is 5.88. The Bertz CT molecular complexity index is 946. The molecule has 6 rings (SSSR count). The van der Waals surface area contributed by atoms with Crippen LogP contribution >= 0.6 is 0 Å². The lowest BCUT2D eigenvalue weighted by atomic mass is 9.64. The Hall–Kier alpha value is -1.95. The van der Waals surface area contributed by atoms with Gasteiger partial charge in [0.05, 0.1) is 0 Å². The monoisotopic (exact) mass is 334 g/mol. The first-order chi connectivity index (χ1) is 12.9. The summed E-state index contributed by atoms with van der Waals surface area (Å²) in [6, 6.07) is 19.5. The normalized spacial score (nSPS) is 23.1. The highest BCUT2D eigenvalue weighted by atomic mass is 14.2. The maximum Gasteiger partial charge on any atom is 0.129 e. The molecule has 0 bridgehead atoms. The van der Waals surface area contributed by atoms with E-state index in [4.69, 9.17) is 0 Å². The fraction of sp³-hybridized carbons (Fsp3) is 0.333. The number of hydrogen-bond acceptors (Lipinski definition) is 0. The van der Waals surface area contributed by atoms with Crippen molar-refractivity contribution in [2.24, 2.45) is 0 Å². The van der Waals surface area contributed by atoms with Crippen LogP contribution in [0, 0.1) is 0 Å². The lowest BCUT2D eigenvalue weighted by molar-refractivity contribution is 0.823. The minimum absolute atomic E-state index is 0.783. The Labute approximate surface area is 156 Å². The van der Waals surface area contributed by atoms with Crippen LogP contribution in [0.25, 0.3) is 32.3 Å². The van der Waals surface area contributed by atoms with Crippen LogP contribution in [-0.4, -0.2) is 14.6 Å². The van der Waals surface area contributed by atoms with Crippen molar-refractivity contribution in [3.63, 3.8) is 0 Å². The topological polar surface area (TPSA) is 0 Å². The summed E-state index contributed by atoms with van der Waals surface area (Å²) in [5.74, 6) is 1.57. The molecule has 126 valence electrons. The summed E-state index contributed by atoms with van der Waals surface area (Å²) >= 11 is 0. The molecule has 0 radical (unpaired) electrons. The molecular weight excluding hydrogens is 310 g/mol. The van der Waals surface area contributed by atoms with Gasteiger partial charge in [-0.05, 0) is 44.0 Å². The van der Waals surface area contributed by atoms with Gasteiger partial charge in [0.25, 0.3) is 0 Å². The summed E-state index contributed by atoms with van der Waals surface area (Å²) in [5, 5.41) is 8.74. The van der Waals surface area contributed by atoms with Crippen molar-refractivity contribution in [1.82, 2.24) is 0 Å². The van der Waals surface area contributed by atoms with Crippen LogP contribution < -0.4 is 0 Å². The second-order valence-electron chi connectivity index (χ2n) is 8.78. The van der Waals surface area contributed by atoms with E-state index in [1.165, 1.54) is 85.2 Å². The van der Waals surface area contributed by atoms with E-state index in [0.717, 1.165) is 11.6 Å². The lowest BCUT2D eigenvalue weighted by Crippen LogP contribution is -2.01. The van der Waals surface area contributed by atoms with E-state index >= 15 is 0 Å². The zero-order valence-corrected chi connectivity index (χ0v) is 15.4. The van der Waals surface area contributed by atoms with Crippen molar-refractivity contribution in [3.8, 4) is 0 Å². The first-order valence-corrected chi connectivity index (χ1v) is 10.6. The predicted octanol–water partition coefficient (Wildman–Crippen LogP) is 5.96. The summed E-state index contributed by atoms with van der Waals surface area (Å²) in [4.78, 5) is 0. The van der Waals surface area contributed by atoms with Gasteiger partial charge < -0.3 is 0 Å². The van der Waals surface area contributed by atoms with E-state index < -0.39 is 0 Å². The van der Waals surface area contributed by atoms with Crippen LogP contribution in [0.2, 0.25) is 12.6 Å². The second kappa shape index (κ2) is 5.78. The summed E-state index contributed by atoms with van der Waals surface area (Å²) in [7, 11) is 2.75. The van der Waals surface area contributed by atoms with E-state index in [0.29, 0.717) is 0 Å². The Morgan fingerprint density at radius 2 is 0.962 bits per heavy atom. The molecule has 2 aliphatic rings. The van der Waals surface area contributed by atoms with E-state index in [-0.39, 0.29) is 0 Å². The third-order valence-corrected chi connectivity index (χ3v) is 7.23. The highest BCUT2D eigenvalue weighted by Gasteiger charge is 2.22. The average Bonchev–Trinajstić information content (AvgIpc) is 3.39. The minimum atomic E-state index is 0.783. The van der Waals surface area contributed by atoms with Gasteiger partial charge in [0.2, 0.25) is 0 Å². The van der Waals surface area contributed by atoms with Crippen LogP contribution in [0.5, 0.6) is 0 Å². The SMILES string of the molecule is B1CCCC1c1cc2ccc3cc(C4BCCC4)cc4ccc(c1)c2c34. The summed E-state index contributed by atoms with van der Waals surface area (Å²) < 4.78 is 0. The summed E-state index contributed by atoms with van der Waals surface area (Å²) in [5.41, 5.74) is 3.14. The molecule has 0 nitrogen and oxygen atoms in total. The Morgan fingerprint density at radius 1 is 0.577 bits per heavy atom. The third kappa shape index (κ3) is 2.24. The molecular formula is C24H24B2. The molecule has 0 N–H and O–H groups in total. The number of benzene rings is 4. The molecule has 2 heterocycles. The number of hydrogen-bond donors (Lipinski definition) is 0. The molecule has 26 heavy (non-hydrogen) atoms. The zero-order chi connectivity index (χ0) is 17.1. The zero-order valence-electron chi connectivity index (χ0n) is 15.4. The molecule has 2 saturated heterocycles. The Kier molecular flexibility index (Phi) is 3.36. The van der Waals surface area contributed by atoms with Crippen molar-refractivity contribution >= 4 is 46.9 Å². The molecule has 2 fully saturated rings. The van der Waals surface area contributed by atoms with Gasteiger partial charge in [0.15, 0.2) is 0 Å². The smallest absolute Gasteiger partial charge is 0.0769 e. The quantitative estimate of drug-likeness (QED) is 0.313. The van der Waals surface area contributed by atoms with E-state index in [1.54, 1.807) is 11.1 Å². The van der Waals surface area contributed by atoms with Gasteiger partial charge in [-0.15, -0.1) is 0 Å². The van der Waals surface area contributed by atoms with Crippen LogP contribution in [0.3, 0.4) is 0 Å². The van der Waals surface area contributed by atoms with Gasteiger partial charge in [0.1, 0.15) is 14.6 Å². The van der Waals surface area contributed by atoms with Gasteiger partial charge in [-0.25, -0.2) is 0 Å². The van der Waals surface area contributed by atoms with Gasteiger partial charge in [-0.2, -0.15) is 0 Å². The van der Waals surface area contributed by atoms with E-state index in [1.807, 2.05) is 0 Å². The molecule has 0 spiro atoms. The van der Waals surface area contributed by atoms with Crippen LogP contribution in [0.15, 0.2) is 48.5 Å². The predicted molar refractivity (Wildman–Crippen MR) is 118 cm³/mol. The molecule has 0 saturated carbocycles. The van der Waals surface area contributed by atoms with E-state index in [9.17, 15) is 0 Å². The molecule has 4 aromatic rings. The average molecular weight is 334 g/mol. The first kappa shape index (κ1) is 15.1. The largest absolute Gasteiger partial charge is 0.129 e. The van der Waals surface area contributed by atoms with Crippen molar-refractivity contribution in [3.05, 3.63) is 59.7 Å². The minimum Gasteiger partial charge on any atom is -0.0769 e. The van der Waals surface area contributed by atoms with Crippen LogP contribution in [0.4, 0.5) is 0 Å². The maximum atomic E-state index is 2.49. The highest BCUT2D eigenvalue weighted by molar-refractivity contribution is 6.39. The van der Waals surface area contributed by atoms with Crippen molar-refractivity contribution in [2.45, 2.75) is 50.0 Å². The van der Waals surface area contributed by atoms with Crippen molar-refractivity contribution in [1.29, 1.82) is 0 Å². The van der Waals surface area contributed by atoms with Crippen LogP contribution in [0.1, 0.15) is 48.4 Å². The molecule has 2 unspecified atom stereocenters. The molecule has 2 atom stereocenters. The van der Waals surface area contributed by atoms with Gasteiger partial charge in [-0.3, -0.25) is 0 Å². The molecule has 4 aromatic carbocycles. The van der Waals surface area contributed by atoms with Crippen molar-refractivity contribution in [2.75, 3.05) is 0 Å². The molecule has 2 aliphatic heterocycles. The lowest BCUT2D eigenvalue weighted by Gasteiger charge is -2.17. The summed E-state index contributed by atoms with van der Waals surface area (Å²) in [6.07, 6.45) is 8.36. The van der Waals surface area contributed by atoms with Crippen molar-refractivity contribution < 1.29 is 0 Å². The Balaban J connectivity index is 1.59. The standard InChI is InChI=1S/C24H24B2/c1-3-21(25-9-1)19-11-15-5-7-17-13-20(22-4-2-10-26-22)14-18-8-6-16(12-19)23(15)24(17)18/h5-8,11-14,21-22,25-26H,1-4,9-10H2. The molecule has 0 aromatic heterocycles. The summed E-state index contributed by atoms with van der Waals surface area (Å²) in [6.45, 7) is 0. The van der Waals surface area contributed by atoms with Crippen LogP contribution in [-0.2, 0) is 0 Å². The Morgan fingerprint density at radius 3 is 1.27 bits per heavy atom. The van der Waals surface area contributed by atoms with E-state index in [2.05, 4.69) is 48.5 Å². The van der Waals surface area contributed by atoms with Gasteiger partial charge in [0, 0.05) is 0 Å². The van der Waals surface area contributed by atoms with Gasteiger partial charge in [-0.1, -0.05) is 98.0 Å². The molecule has 2 heteroatoms. The second-order valence-corrected chi connectivity index (χ2v) is 8.78. The fourth-order valence-electron chi connectivity index (χ4n) is 5.88. The number of rotatable bonds is 2. The highest BCUT2D eigenvalue weighted by Crippen LogP contribution is 2.40. The molecule has 0 aliphatic carbocycles. The maximum absolute atomic E-state index is 2.49. The van der Waals surface area contributed by atoms with Gasteiger partial charge >= 0.3 is 0 Å². The molecule has 0 amide bonds. The first-order valence-electron chi connectivity index (χ1n) is 10.6.